The molecule has 2 aromatic rings. The number of rotatable bonds is 5. The van der Waals surface area contributed by atoms with Crippen molar-refractivity contribution in [3.8, 4) is 0 Å². The van der Waals surface area contributed by atoms with Crippen molar-refractivity contribution in [1.82, 2.24) is 14.8 Å². The third kappa shape index (κ3) is 3.53. The Morgan fingerprint density at radius 2 is 2.00 bits per heavy atom. The van der Waals surface area contributed by atoms with Crippen molar-refractivity contribution in [3.63, 3.8) is 0 Å². The van der Waals surface area contributed by atoms with Gasteiger partial charge in [-0.2, -0.15) is 5.10 Å². The first-order chi connectivity index (χ1) is 11.6. The molecule has 1 N–H and O–H groups in total. The Morgan fingerprint density at radius 1 is 1.25 bits per heavy atom. The van der Waals surface area contributed by atoms with Gasteiger partial charge in [-0.1, -0.05) is 13.8 Å². The quantitative estimate of drug-likeness (QED) is 0.914. The Balaban J connectivity index is 1.88. The molecule has 0 aliphatic carbocycles. The van der Waals surface area contributed by atoms with Crippen LogP contribution in [0, 0.1) is 6.92 Å². The first kappa shape index (κ1) is 16.8. The fourth-order valence-electron chi connectivity index (χ4n) is 3.23. The van der Waals surface area contributed by atoms with E-state index in [2.05, 4.69) is 42.0 Å². The molecule has 1 aliphatic heterocycles. The highest BCUT2D eigenvalue weighted by molar-refractivity contribution is 5.54. The minimum absolute atomic E-state index is 0.387. The zero-order valence-electron chi connectivity index (χ0n) is 15.0. The van der Waals surface area contributed by atoms with Gasteiger partial charge in [0.05, 0.1) is 24.6 Å². The summed E-state index contributed by atoms with van der Waals surface area (Å²) in [6.07, 6.45) is 3.74. The van der Waals surface area contributed by atoms with E-state index in [4.69, 9.17) is 9.84 Å². The topological polar surface area (TPSA) is 55.2 Å². The number of hydrogen-bond donors (Lipinski definition) is 1. The molecule has 1 aliphatic rings. The van der Waals surface area contributed by atoms with Crippen LogP contribution in [-0.4, -0.2) is 41.1 Å². The van der Waals surface area contributed by atoms with E-state index >= 15 is 0 Å². The van der Waals surface area contributed by atoms with Crippen molar-refractivity contribution >= 4 is 11.5 Å². The molecule has 0 bridgehead atoms. The third-order valence-electron chi connectivity index (χ3n) is 4.35. The number of anilines is 2. The molecule has 3 heterocycles. The van der Waals surface area contributed by atoms with Crippen LogP contribution in [-0.2, 0) is 18.3 Å². The van der Waals surface area contributed by atoms with E-state index in [-0.39, 0.29) is 0 Å². The first-order valence-corrected chi connectivity index (χ1v) is 8.60. The molecule has 130 valence electrons. The third-order valence-corrected chi connectivity index (χ3v) is 4.35. The van der Waals surface area contributed by atoms with Crippen LogP contribution in [0.4, 0.5) is 11.5 Å². The summed E-state index contributed by atoms with van der Waals surface area (Å²) in [5.41, 5.74) is 4.63. The molecule has 0 spiro atoms. The van der Waals surface area contributed by atoms with Crippen LogP contribution in [0.5, 0.6) is 0 Å². The lowest BCUT2D eigenvalue weighted by Gasteiger charge is -2.29. The summed E-state index contributed by atoms with van der Waals surface area (Å²) in [7, 11) is 2.04. The SMILES string of the molecule is Cc1cncc(NCc2c(C(C)C)nn(C)c2N2CCOCC2)c1. The van der Waals surface area contributed by atoms with Gasteiger partial charge in [-0.05, 0) is 24.5 Å². The number of pyridine rings is 1. The highest BCUT2D eigenvalue weighted by atomic mass is 16.5. The second-order valence-corrected chi connectivity index (χ2v) is 6.67. The summed E-state index contributed by atoms with van der Waals surface area (Å²) in [6.45, 7) is 10.6. The molecular weight excluding hydrogens is 302 g/mol. The summed E-state index contributed by atoms with van der Waals surface area (Å²) in [5, 5.41) is 8.31. The zero-order chi connectivity index (χ0) is 17.1. The van der Waals surface area contributed by atoms with E-state index < -0.39 is 0 Å². The van der Waals surface area contributed by atoms with Crippen molar-refractivity contribution in [3.05, 3.63) is 35.3 Å². The standard InChI is InChI=1S/C18H27N5O/c1-13(2)17-16(12-20-15-9-14(3)10-19-11-15)18(22(4)21-17)23-5-7-24-8-6-23/h9-11,13,20H,5-8,12H2,1-4H3. The summed E-state index contributed by atoms with van der Waals surface area (Å²) in [4.78, 5) is 6.64. The molecule has 0 radical (unpaired) electrons. The number of aryl methyl sites for hydroxylation is 2. The van der Waals surface area contributed by atoms with Crippen molar-refractivity contribution in [2.75, 3.05) is 36.5 Å². The summed E-state index contributed by atoms with van der Waals surface area (Å²) in [5.74, 6) is 1.59. The summed E-state index contributed by atoms with van der Waals surface area (Å²) < 4.78 is 7.52. The van der Waals surface area contributed by atoms with Gasteiger partial charge in [0.25, 0.3) is 0 Å². The molecule has 0 aromatic carbocycles. The van der Waals surface area contributed by atoms with Gasteiger partial charge >= 0.3 is 0 Å². The Hall–Kier alpha value is -2.08. The van der Waals surface area contributed by atoms with Crippen molar-refractivity contribution in [2.45, 2.75) is 33.2 Å². The van der Waals surface area contributed by atoms with E-state index in [0.717, 1.165) is 49.8 Å². The maximum Gasteiger partial charge on any atom is 0.132 e. The number of nitrogens with zero attached hydrogens (tertiary/aromatic N) is 4. The zero-order valence-corrected chi connectivity index (χ0v) is 15.0. The highest BCUT2D eigenvalue weighted by Gasteiger charge is 2.24. The fourth-order valence-corrected chi connectivity index (χ4v) is 3.23. The van der Waals surface area contributed by atoms with Gasteiger partial charge in [-0.25, -0.2) is 0 Å². The van der Waals surface area contributed by atoms with Gasteiger partial charge in [0.2, 0.25) is 0 Å². The second kappa shape index (κ2) is 7.21. The normalized spacial score (nSPS) is 15.1. The van der Waals surface area contributed by atoms with E-state index in [1.54, 1.807) is 0 Å². The molecule has 6 heteroatoms. The van der Waals surface area contributed by atoms with Gasteiger partial charge in [0.1, 0.15) is 5.82 Å². The molecule has 0 saturated carbocycles. The second-order valence-electron chi connectivity index (χ2n) is 6.67. The van der Waals surface area contributed by atoms with Crippen LogP contribution < -0.4 is 10.2 Å². The Labute approximate surface area is 143 Å². The lowest BCUT2D eigenvalue weighted by atomic mass is 10.0. The summed E-state index contributed by atoms with van der Waals surface area (Å²) >= 11 is 0. The maximum absolute atomic E-state index is 5.50. The van der Waals surface area contributed by atoms with Crippen LogP contribution in [0.25, 0.3) is 0 Å². The van der Waals surface area contributed by atoms with Crippen LogP contribution in [0.2, 0.25) is 0 Å². The lowest BCUT2D eigenvalue weighted by molar-refractivity contribution is 0.122. The smallest absolute Gasteiger partial charge is 0.132 e. The van der Waals surface area contributed by atoms with Gasteiger partial charge in [-0.3, -0.25) is 9.67 Å². The molecule has 0 atom stereocenters. The van der Waals surface area contributed by atoms with E-state index in [1.165, 1.54) is 11.4 Å². The number of morpholine rings is 1. The number of nitrogens with one attached hydrogen (secondary N) is 1. The van der Waals surface area contributed by atoms with Gasteiger partial charge in [0.15, 0.2) is 0 Å². The van der Waals surface area contributed by atoms with Crippen molar-refractivity contribution in [2.24, 2.45) is 7.05 Å². The lowest BCUT2D eigenvalue weighted by Crippen LogP contribution is -2.38. The molecule has 6 nitrogen and oxygen atoms in total. The van der Waals surface area contributed by atoms with Crippen LogP contribution in [0.3, 0.4) is 0 Å². The first-order valence-electron chi connectivity index (χ1n) is 8.60. The fraction of sp³-hybridized carbons (Fsp3) is 0.556. The minimum Gasteiger partial charge on any atom is -0.379 e. The highest BCUT2D eigenvalue weighted by Crippen LogP contribution is 2.29. The van der Waals surface area contributed by atoms with Crippen molar-refractivity contribution < 1.29 is 4.74 Å². The monoisotopic (exact) mass is 329 g/mol. The Kier molecular flexibility index (Phi) is 5.04. The molecular formula is C18H27N5O. The Bertz CT molecular complexity index is 689. The minimum atomic E-state index is 0.387. The molecule has 1 fully saturated rings. The number of aromatic nitrogens is 3. The molecule has 1 saturated heterocycles. The molecule has 2 aromatic heterocycles. The van der Waals surface area contributed by atoms with E-state index in [0.29, 0.717) is 5.92 Å². The van der Waals surface area contributed by atoms with Crippen LogP contribution in [0.1, 0.15) is 36.6 Å². The predicted octanol–water partition coefficient (Wildman–Crippen LogP) is 2.70. The van der Waals surface area contributed by atoms with E-state index in [1.807, 2.05) is 24.1 Å². The van der Waals surface area contributed by atoms with Gasteiger partial charge in [-0.15, -0.1) is 0 Å². The molecule has 24 heavy (non-hydrogen) atoms. The number of hydrogen-bond acceptors (Lipinski definition) is 5. The van der Waals surface area contributed by atoms with Crippen LogP contribution >= 0.6 is 0 Å². The largest absolute Gasteiger partial charge is 0.379 e. The van der Waals surface area contributed by atoms with Crippen molar-refractivity contribution in [1.29, 1.82) is 0 Å². The van der Waals surface area contributed by atoms with Crippen LogP contribution in [0.15, 0.2) is 18.5 Å². The predicted molar refractivity (Wildman–Crippen MR) is 96.6 cm³/mol. The Morgan fingerprint density at radius 3 is 2.67 bits per heavy atom. The van der Waals surface area contributed by atoms with Gasteiger partial charge in [0, 0.05) is 44.6 Å². The van der Waals surface area contributed by atoms with E-state index in [9.17, 15) is 0 Å². The van der Waals surface area contributed by atoms with Gasteiger partial charge < -0.3 is 15.0 Å². The number of ether oxygens (including phenoxy) is 1. The summed E-state index contributed by atoms with van der Waals surface area (Å²) in [6, 6.07) is 2.12. The average molecular weight is 329 g/mol. The molecule has 3 rings (SSSR count). The average Bonchev–Trinajstić information content (AvgIpc) is 2.90. The molecule has 0 unspecified atom stereocenters. The maximum atomic E-state index is 5.50. The molecule has 0 amide bonds.